The molecule has 27 heavy (non-hydrogen) atoms. The summed E-state index contributed by atoms with van der Waals surface area (Å²) in [6, 6.07) is 14.2. The molecule has 3 N–H and O–H groups in total. The highest BCUT2D eigenvalue weighted by molar-refractivity contribution is 6.03. The van der Waals surface area contributed by atoms with Crippen LogP contribution in [0.4, 0.5) is 10.1 Å². The number of nitrogens with one attached hydrogen (secondary N) is 3. The van der Waals surface area contributed by atoms with Crippen LogP contribution in [0, 0.1) is 5.82 Å². The molecule has 0 atom stereocenters. The molecule has 3 rings (SSSR count). The maximum atomic E-state index is 12.9. The van der Waals surface area contributed by atoms with Crippen molar-refractivity contribution < 1.29 is 14.0 Å². The summed E-state index contributed by atoms with van der Waals surface area (Å²) < 4.78 is 12.9. The highest BCUT2D eigenvalue weighted by Gasteiger charge is 2.11. The zero-order valence-corrected chi connectivity index (χ0v) is 14.8. The van der Waals surface area contributed by atoms with Gasteiger partial charge in [0.05, 0.1) is 0 Å². The Balaban J connectivity index is 1.56. The van der Waals surface area contributed by atoms with Gasteiger partial charge in [-0.25, -0.2) is 4.39 Å². The van der Waals surface area contributed by atoms with Gasteiger partial charge in [0, 0.05) is 23.5 Å². The lowest BCUT2D eigenvalue weighted by atomic mass is 10.1. The van der Waals surface area contributed by atoms with Crippen molar-refractivity contribution in [1.82, 2.24) is 15.5 Å². The molecule has 2 amide bonds. The Morgan fingerprint density at radius 1 is 1.04 bits per heavy atom. The Morgan fingerprint density at radius 3 is 2.37 bits per heavy atom. The fourth-order valence-corrected chi connectivity index (χ4v) is 2.45. The first-order valence-corrected chi connectivity index (χ1v) is 8.53. The molecule has 1 heterocycles. The van der Waals surface area contributed by atoms with Gasteiger partial charge in [0.2, 0.25) is 0 Å². The number of benzene rings is 2. The average Bonchev–Trinajstić information content (AvgIpc) is 3.17. The molecule has 0 radical (unpaired) electrons. The monoisotopic (exact) mass is 366 g/mol. The molecule has 2 aromatic carbocycles. The summed E-state index contributed by atoms with van der Waals surface area (Å²) in [7, 11) is 0. The number of rotatable bonds is 6. The van der Waals surface area contributed by atoms with E-state index in [0.29, 0.717) is 23.5 Å². The van der Waals surface area contributed by atoms with Crippen LogP contribution >= 0.6 is 0 Å². The molecule has 0 saturated carbocycles. The second kappa shape index (κ2) is 8.27. The average molecular weight is 366 g/mol. The van der Waals surface area contributed by atoms with E-state index in [1.165, 1.54) is 12.1 Å². The van der Waals surface area contributed by atoms with Gasteiger partial charge in [-0.1, -0.05) is 19.1 Å². The smallest absolute Gasteiger partial charge is 0.276 e. The van der Waals surface area contributed by atoms with Crippen LogP contribution in [0.3, 0.4) is 0 Å². The van der Waals surface area contributed by atoms with Crippen molar-refractivity contribution in [2.24, 2.45) is 0 Å². The van der Waals surface area contributed by atoms with Crippen molar-refractivity contribution in [3.63, 3.8) is 0 Å². The van der Waals surface area contributed by atoms with E-state index in [0.717, 1.165) is 17.7 Å². The van der Waals surface area contributed by atoms with Crippen LogP contribution in [0.2, 0.25) is 0 Å². The van der Waals surface area contributed by atoms with Gasteiger partial charge in [-0.15, -0.1) is 0 Å². The number of aromatic nitrogens is 2. The lowest BCUT2D eigenvalue weighted by Gasteiger charge is -2.07. The molecule has 7 heteroatoms. The summed E-state index contributed by atoms with van der Waals surface area (Å²) in [5, 5.41) is 12.3. The van der Waals surface area contributed by atoms with Gasteiger partial charge in [0.25, 0.3) is 11.8 Å². The van der Waals surface area contributed by atoms with Crippen molar-refractivity contribution in [2.45, 2.75) is 19.9 Å². The summed E-state index contributed by atoms with van der Waals surface area (Å²) in [6.07, 6.45) is 0.766. The number of H-pyrrole nitrogens is 1. The molecule has 3 aromatic rings. The van der Waals surface area contributed by atoms with E-state index in [4.69, 9.17) is 0 Å². The Labute approximate surface area is 155 Å². The molecule has 0 aliphatic carbocycles. The highest BCUT2D eigenvalue weighted by atomic mass is 19.1. The van der Waals surface area contributed by atoms with Gasteiger partial charge >= 0.3 is 0 Å². The lowest BCUT2D eigenvalue weighted by molar-refractivity contribution is 0.0950. The molecule has 0 saturated heterocycles. The number of carbonyl (C=O) groups is 2. The molecule has 1 aromatic heterocycles. The Kier molecular flexibility index (Phi) is 5.61. The zero-order chi connectivity index (χ0) is 19.2. The standard InChI is InChI=1S/C20H19FN4O2/c1-2-16-11-18(25-24-16)20(27)23-17-9-5-14(6-10-17)19(26)22-12-13-3-7-15(21)8-4-13/h3-11H,2,12H2,1H3,(H,22,26)(H,23,27)(H,24,25). The van der Waals surface area contributed by atoms with Gasteiger partial charge in [0.1, 0.15) is 5.82 Å². The van der Waals surface area contributed by atoms with E-state index in [2.05, 4.69) is 20.8 Å². The van der Waals surface area contributed by atoms with Gasteiger partial charge in [-0.05, 0) is 54.4 Å². The first kappa shape index (κ1) is 18.3. The van der Waals surface area contributed by atoms with Crippen molar-refractivity contribution >= 4 is 17.5 Å². The third-order valence-electron chi connectivity index (χ3n) is 4.02. The van der Waals surface area contributed by atoms with E-state index >= 15 is 0 Å². The van der Waals surface area contributed by atoms with Crippen molar-refractivity contribution in [2.75, 3.05) is 5.32 Å². The number of aryl methyl sites for hydroxylation is 1. The van der Waals surface area contributed by atoms with Crippen LogP contribution in [-0.2, 0) is 13.0 Å². The zero-order valence-electron chi connectivity index (χ0n) is 14.8. The number of aromatic amines is 1. The largest absolute Gasteiger partial charge is 0.348 e. The van der Waals surface area contributed by atoms with Crippen LogP contribution < -0.4 is 10.6 Å². The summed E-state index contributed by atoms with van der Waals surface area (Å²) in [6.45, 7) is 2.27. The van der Waals surface area contributed by atoms with Gasteiger partial charge in [0.15, 0.2) is 5.69 Å². The lowest BCUT2D eigenvalue weighted by Crippen LogP contribution is -2.22. The molecule has 138 valence electrons. The number of halogens is 1. The molecule has 0 unspecified atom stereocenters. The Bertz CT molecular complexity index is 933. The summed E-state index contributed by atoms with van der Waals surface area (Å²) in [4.78, 5) is 24.3. The molecule has 0 spiro atoms. The van der Waals surface area contributed by atoms with Crippen LogP contribution in [0.1, 0.15) is 39.0 Å². The number of hydrogen-bond donors (Lipinski definition) is 3. The SMILES string of the molecule is CCc1cc(C(=O)Nc2ccc(C(=O)NCc3ccc(F)cc3)cc2)n[nH]1. The van der Waals surface area contributed by atoms with Crippen LogP contribution in [0.25, 0.3) is 0 Å². The maximum absolute atomic E-state index is 12.9. The fraction of sp³-hybridized carbons (Fsp3) is 0.150. The van der Waals surface area contributed by atoms with E-state index in [1.807, 2.05) is 6.92 Å². The minimum absolute atomic E-state index is 0.253. The van der Waals surface area contributed by atoms with E-state index in [9.17, 15) is 14.0 Å². The van der Waals surface area contributed by atoms with Gasteiger partial charge in [-0.3, -0.25) is 14.7 Å². The molecule has 0 fully saturated rings. The maximum Gasteiger partial charge on any atom is 0.276 e. The van der Waals surface area contributed by atoms with Crippen LogP contribution in [0.5, 0.6) is 0 Å². The fourth-order valence-electron chi connectivity index (χ4n) is 2.45. The van der Waals surface area contributed by atoms with E-state index in [-0.39, 0.29) is 17.6 Å². The normalized spacial score (nSPS) is 10.4. The summed E-state index contributed by atoms with van der Waals surface area (Å²) >= 11 is 0. The van der Waals surface area contributed by atoms with Gasteiger partial charge < -0.3 is 10.6 Å². The number of hydrogen-bond acceptors (Lipinski definition) is 3. The van der Waals surface area contributed by atoms with E-state index in [1.54, 1.807) is 42.5 Å². The number of amides is 2. The van der Waals surface area contributed by atoms with E-state index < -0.39 is 0 Å². The summed E-state index contributed by atoms with van der Waals surface area (Å²) in [5.41, 5.74) is 3.03. The molecule has 0 aliphatic rings. The Morgan fingerprint density at radius 2 is 1.74 bits per heavy atom. The second-order valence-corrected chi connectivity index (χ2v) is 5.97. The minimum atomic E-state index is -0.320. The molecule has 6 nitrogen and oxygen atoms in total. The Hall–Kier alpha value is -3.48. The second-order valence-electron chi connectivity index (χ2n) is 5.97. The van der Waals surface area contributed by atoms with Crippen molar-refractivity contribution in [1.29, 1.82) is 0 Å². The number of carbonyl (C=O) groups excluding carboxylic acids is 2. The predicted molar refractivity (Wildman–Crippen MR) is 99.9 cm³/mol. The molecule has 0 bridgehead atoms. The summed E-state index contributed by atoms with van der Waals surface area (Å²) in [5.74, 6) is -0.889. The van der Waals surface area contributed by atoms with Gasteiger partial charge in [-0.2, -0.15) is 5.10 Å². The van der Waals surface area contributed by atoms with Crippen LogP contribution in [0.15, 0.2) is 54.6 Å². The minimum Gasteiger partial charge on any atom is -0.348 e. The number of anilines is 1. The number of nitrogens with zero attached hydrogens (tertiary/aromatic N) is 1. The molecular formula is C20H19FN4O2. The topological polar surface area (TPSA) is 86.9 Å². The van der Waals surface area contributed by atoms with Crippen molar-refractivity contribution in [3.8, 4) is 0 Å². The molecular weight excluding hydrogens is 347 g/mol. The first-order chi connectivity index (χ1) is 13.0. The third kappa shape index (κ3) is 4.78. The quantitative estimate of drug-likeness (QED) is 0.626. The first-order valence-electron chi connectivity index (χ1n) is 8.53. The third-order valence-corrected chi connectivity index (χ3v) is 4.02. The van der Waals surface area contributed by atoms with Crippen LogP contribution in [-0.4, -0.2) is 22.0 Å². The van der Waals surface area contributed by atoms with Crippen molar-refractivity contribution in [3.05, 3.63) is 82.9 Å². The highest BCUT2D eigenvalue weighted by Crippen LogP contribution is 2.12. The predicted octanol–water partition coefficient (Wildman–Crippen LogP) is 3.29. The molecule has 0 aliphatic heterocycles.